The van der Waals surface area contributed by atoms with Gasteiger partial charge in [0.2, 0.25) is 6.79 Å². The van der Waals surface area contributed by atoms with Gasteiger partial charge in [-0.25, -0.2) is 0 Å². The minimum Gasteiger partial charge on any atom is -0.493 e. The first-order valence-corrected chi connectivity index (χ1v) is 8.70. The van der Waals surface area contributed by atoms with Crippen LogP contribution in [0.2, 0.25) is 0 Å². The number of benzene rings is 2. The highest BCUT2D eigenvalue weighted by atomic mass is 16.7. The van der Waals surface area contributed by atoms with Crippen molar-refractivity contribution in [1.29, 1.82) is 0 Å². The van der Waals surface area contributed by atoms with Crippen molar-refractivity contribution in [1.82, 2.24) is 10.2 Å². The van der Waals surface area contributed by atoms with E-state index in [1.54, 1.807) is 30.3 Å². The monoisotopic (exact) mass is 394 g/mol. The fourth-order valence-corrected chi connectivity index (χ4v) is 2.75. The Balaban J connectivity index is 1.42. The van der Waals surface area contributed by atoms with Crippen LogP contribution in [-0.2, 0) is 0 Å². The minimum absolute atomic E-state index is 0.215. The van der Waals surface area contributed by atoms with Crippen LogP contribution in [-0.4, -0.2) is 37.1 Å². The maximum Gasteiger partial charge on any atom is 0.257 e. The zero-order valence-electron chi connectivity index (χ0n) is 15.8. The molecule has 0 spiro atoms. The standard InChI is InChI=1S/C20H18N4O5/c1-26-14-5-3-12(9-16(14)27-2)20(25)22-19-8-7-18(23-24-19)21-13-4-6-15-17(10-13)29-11-28-15/h3-10H,11H2,1-2H3,(H,21,23)(H,22,24,25). The van der Waals surface area contributed by atoms with Crippen LogP contribution >= 0.6 is 0 Å². The molecule has 9 nitrogen and oxygen atoms in total. The van der Waals surface area contributed by atoms with E-state index in [2.05, 4.69) is 20.8 Å². The summed E-state index contributed by atoms with van der Waals surface area (Å²) in [6.07, 6.45) is 0. The van der Waals surface area contributed by atoms with Gasteiger partial charge in [-0.05, 0) is 42.5 Å². The van der Waals surface area contributed by atoms with Gasteiger partial charge in [0.25, 0.3) is 5.91 Å². The lowest BCUT2D eigenvalue weighted by molar-refractivity contribution is 0.102. The van der Waals surface area contributed by atoms with Gasteiger partial charge in [0, 0.05) is 17.3 Å². The number of fused-ring (bicyclic) bond motifs is 1. The smallest absolute Gasteiger partial charge is 0.257 e. The highest BCUT2D eigenvalue weighted by Crippen LogP contribution is 2.35. The molecule has 0 unspecified atom stereocenters. The number of nitrogens with one attached hydrogen (secondary N) is 2. The van der Waals surface area contributed by atoms with E-state index in [4.69, 9.17) is 18.9 Å². The second-order valence-electron chi connectivity index (χ2n) is 6.02. The second-order valence-corrected chi connectivity index (χ2v) is 6.02. The number of amides is 1. The third-order valence-corrected chi connectivity index (χ3v) is 4.20. The van der Waals surface area contributed by atoms with Gasteiger partial charge >= 0.3 is 0 Å². The van der Waals surface area contributed by atoms with Crippen LogP contribution in [0.25, 0.3) is 0 Å². The number of carbonyl (C=O) groups excluding carboxylic acids is 1. The number of methoxy groups -OCH3 is 2. The van der Waals surface area contributed by atoms with E-state index in [0.29, 0.717) is 40.2 Å². The predicted octanol–water partition coefficient (Wildman–Crippen LogP) is 3.22. The highest BCUT2D eigenvalue weighted by molar-refractivity contribution is 6.04. The summed E-state index contributed by atoms with van der Waals surface area (Å²) in [7, 11) is 3.04. The number of rotatable bonds is 6. The maximum absolute atomic E-state index is 12.4. The normalized spacial score (nSPS) is 11.7. The van der Waals surface area contributed by atoms with Crippen LogP contribution in [0.5, 0.6) is 23.0 Å². The average Bonchev–Trinajstić information content (AvgIpc) is 3.22. The van der Waals surface area contributed by atoms with Gasteiger partial charge in [0.1, 0.15) is 0 Å². The van der Waals surface area contributed by atoms with Crippen molar-refractivity contribution in [2.45, 2.75) is 0 Å². The van der Waals surface area contributed by atoms with Crippen LogP contribution in [0, 0.1) is 0 Å². The lowest BCUT2D eigenvalue weighted by Gasteiger charge is -2.10. The summed E-state index contributed by atoms with van der Waals surface area (Å²) >= 11 is 0. The molecule has 0 saturated heterocycles. The van der Waals surface area contributed by atoms with Crippen molar-refractivity contribution >= 4 is 23.2 Å². The van der Waals surface area contributed by atoms with Crippen molar-refractivity contribution < 1.29 is 23.7 Å². The summed E-state index contributed by atoms with van der Waals surface area (Å²) in [4.78, 5) is 12.4. The molecule has 4 rings (SSSR count). The lowest BCUT2D eigenvalue weighted by Crippen LogP contribution is -2.13. The molecule has 9 heteroatoms. The summed E-state index contributed by atoms with van der Waals surface area (Å²) in [5.74, 6) is 2.89. The van der Waals surface area contributed by atoms with E-state index in [1.165, 1.54) is 14.2 Å². The van der Waals surface area contributed by atoms with E-state index in [1.807, 2.05) is 18.2 Å². The quantitative estimate of drug-likeness (QED) is 0.657. The van der Waals surface area contributed by atoms with Gasteiger partial charge in [-0.15, -0.1) is 10.2 Å². The first-order chi connectivity index (χ1) is 14.2. The highest BCUT2D eigenvalue weighted by Gasteiger charge is 2.14. The van der Waals surface area contributed by atoms with Crippen molar-refractivity contribution in [2.75, 3.05) is 31.6 Å². The van der Waals surface area contributed by atoms with Gasteiger partial charge in [-0.3, -0.25) is 4.79 Å². The summed E-state index contributed by atoms with van der Waals surface area (Å²) < 4.78 is 21.0. The van der Waals surface area contributed by atoms with Crippen LogP contribution < -0.4 is 29.6 Å². The van der Waals surface area contributed by atoms with Gasteiger partial charge in [-0.2, -0.15) is 0 Å². The number of ether oxygens (including phenoxy) is 4. The average molecular weight is 394 g/mol. The zero-order valence-corrected chi connectivity index (χ0v) is 15.8. The van der Waals surface area contributed by atoms with E-state index in [9.17, 15) is 4.79 Å². The molecule has 1 amide bonds. The SMILES string of the molecule is COc1ccc(C(=O)Nc2ccc(Nc3ccc4c(c3)OCO4)nn2)cc1OC. The molecule has 0 fully saturated rings. The lowest BCUT2D eigenvalue weighted by atomic mass is 10.2. The number of aromatic nitrogens is 2. The number of hydrogen-bond acceptors (Lipinski definition) is 8. The second kappa shape index (κ2) is 7.93. The fourth-order valence-electron chi connectivity index (χ4n) is 2.75. The van der Waals surface area contributed by atoms with Crippen LogP contribution in [0.4, 0.5) is 17.3 Å². The van der Waals surface area contributed by atoms with E-state index < -0.39 is 0 Å². The molecule has 2 aromatic carbocycles. The Morgan fingerprint density at radius 3 is 2.41 bits per heavy atom. The molecule has 2 heterocycles. The molecule has 3 aromatic rings. The van der Waals surface area contributed by atoms with E-state index >= 15 is 0 Å². The molecular formula is C20H18N4O5. The van der Waals surface area contributed by atoms with Crippen LogP contribution in [0.1, 0.15) is 10.4 Å². The minimum atomic E-state index is -0.336. The largest absolute Gasteiger partial charge is 0.493 e. The molecular weight excluding hydrogens is 376 g/mol. The zero-order chi connectivity index (χ0) is 20.2. The molecule has 1 aliphatic rings. The van der Waals surface area contributed by atoms with Gasteiger partial charge in [0.05, 0.1) is 14.2 Å². The molecule has 2 N–H and O–H groups in total. The molecule has 1 aromatic heterocycles. The van der Waals surface area contributed by atoms with Gasteiger partial charge in [0.15, 0.2) is 34.6 Å². The summed E-state index contributed by atoms with van der Waals surface area (Å²) in [6.45, 7) is 0.215. The Hall–Kier alpha value is -4.01. The molecule has 1 aliphatic heterocycles. The van der Waals surface area contributed by atoms with E-state index in [-0.39, 0.29) is 12.7 Å². The van der Waals surface area contributed by atoms with Gasteiger partial charge in [-0.1, -0.05) is 0 Å². The number of hydrogen-bond donors (Lipinski definition) is 2. The summed E-state index contributed by atoms with van der Waals surface area (Å²) in [6, 6.07) is 13.7. The molecule has 0 radical (unpaired) electrons. The number of nitrogens with zero attached hydrogens (tertiary/aromatic N) is 2. The fraction of sp³-hybridized carbons (Fsp3) is 0.150. The Morgan fingerprint density at radius 1 is 0.897 bits per heavy atom. The van der Waals surface area contributed by atoms with Crippen LogP contribution in [0.15, 0.2) is 48.5 Å². The molecule has 148 valence electrons. The Kier molecular flexibility index (Phi) is 5.02. The Labute approximate surface area is 166 Å². The third-order valence-electron chi connectivity index (χ3n) is 4.20. The molecule has 29 heavy (non-hydrogen) atoms. The Morgan fingerprint density at radius 2 is 1.66 bits per heavy atom. The first-order valence-electron chi connectivity index (χ1n) is 8.70. The summed E-state index contributed by atoms with van der Waals surface area (Å²) in [5.41, 5.74) is 1.19. The molecule has 0 saturated carbocycles. The van der Waals surface area contributed by atoms with E-state index in [0.717, 1.165) is 5.69 Å². The van der Waals surface area contributed by atoms with Crippen molar-refractivity contribution in [3.8, 4) is 23.0 Å². The predicted molar refractivity (Wildman–Crippen MR) is 105 cm³/mol. The Bertz CT molecular complexity index is 1040. The van der Waals surface area contributed by atoms with Crippen molar-refractivity contribution in [3.63, 3.8) is 0 Å². The van der Waals surface area contributed by atoms with Gasteiger partial charge < -0.3 is 29.6 Å². The molecule has 0 atom stereocenters. The summed E-state index contributed by atoms with van der Waals surface area (Å²) in [5, 5.41) is 13.9. The third kappa shape index (κ3) is 3.98. The maximum atomic E-state index is 12.4. The number of anilines is 3. The van der Waals surface area contributed by atoms with Crippen molar-refractivity contribution in [2.24, 2.45) is 0 Å². The van der Waals surface area contributed by atoms with Crippen molar-refractivity contribution in [3.05, 3.63) is 54.1 Å². The molecule has 0 bridgehead atoms. The van der Waals surface area contributed by atoms with Crippen LogP contribution in [0.3, 0.4) is 0 Å². The molecule has 0 aliphatic carbocycles. The number of carbonyl (C=O) groups is 1. The topological polar surface area (TPSA) is 104 Å². The first kappa shape index (κ1) is 18.4.